The number of hydrogen-bond donors (Lipinski definition) is 0. The van der Waals surface area contributed by atoms with Crippen molar-refractivity contribution in [2.75, 3.05) is 0 Å². The minimum absolute atomic E-state index is 0.380. The van der Waals surface area contributed by atoms with E-state index in [-0.39, 0.29) is 0 Å². The van der Waals surface area contributed by atoms with E-state index in [9.17, 15) is 0 Å². The second-order valence-corrected chi connectivity index (χ2v) is 10.4. The molecule has 1 aliphatic rings. The van der Waals surface area contributed by atoms with Crippen LogP contribution >= 0.6 is 11.3 Å². The zero-order valence-electron chi connectivity index (χ0n) is 20.3. The first kappa shape index (κ1) is 21.8. The first-order valence-corrected chi connectivity index (χ1v) is 13.3. The molecule has 0 amide bonds. The number of allylic oxidation sites excluding steroid dienone is 1. The molecular weight excluding hydrogens is 470 g/mol. The van der Waals surface area contributed by atoms with Gasteiger partial charge in [-0.1, -0.05) is 110 Å². The maximum atomic E-state index is 5.04. The topological polar surface area (TPSA) is 38.7 Å². The lowest BCUT2D eigenvalue weighted by Crippen LogP contribution is -2.01. The molecule has 7 rings (SSSR count). The maximum absolute atomic E-state index is 5.04. The van der Waals surface area contributed by atoms with Crippen molar-refractivity contribution in [2.24, 2.45) is 0 Å². The van der Waals surface area contributed by atoms with Crippen molar-refractivity contribution in [3.63, 3.8) is 0 Å². The van der Waals surface area contributed by atoms with Crippen molar-refractivity contribution in [2.45, 2.75) is 12.8 Å². The van der Waals surface area contributed by atoms with Gasteiger partial charge in [0.1, 0.15) is 0 Å². The number of thiophene rings is 1. The van der Waals surface area contributed by atoms with Crippen LogP contribution in [0.1, 0.15) is 23.3 Å². The summed E-state index contributed by atoms with van der Waals surface area (Å²) in [6.07, 6.45) is 4.52. The molecule has 0 N–H and O–H groups in total. The zero-order valence-corrected chi connectivity index (χ0v) is 21.1. The number of hydrogen-bond acceptors (Lipinski definition) is 4. The van der Waals surface area contributed by atoms with Crippen LogP contribution in [0.15, 0.2) is 109 Å². The standard InChI is InChI=1S/C33H23N3S/c1-21-15-20-28-29(21)30-26(13-8-14-27(30)37-28)33-35-31(24-11-6-3-7-12-24)34-32(36-33)25-18-16-23(17-19-25)22-9-4-2-5-10-22/h2-21H,1H3. The van der Waals surface area contributed by atoms with Crippen LogP contribution in [0, 0.1) is 0 Å². The van der Waals surface area contributed by atoms with Gasteiger partial charge >= 0.3 is 0 Å². The third-order valence-corrected chi connectivity index (χ3v) is 8.07. The van der Waals surface area contributed by atoms with E-state index in [0.29, 0.717) is 23.4 Å². The van der Waals surface area contributed by atoms with E-state index >= 15 is 0 Å². The highest BCUT2D eigenvalue weighted by Gasteiger charge is 2.23. The monoisotopic (exact) mass is 493 g/mol. The highest BCUT2D eigenvalue weighted by atomic mass is 32.1. The van der Waals surface area contributed by atoms with Crippen LogP contribution in [0.2, 0.25) is 0 Å². The Balaban J connectivity index is 1.41. The Bertz CT molecular complexity index is 1770. The molecule has 0 bridgehead atoms. The summed E-state index contributed by atoms with van der Waals surface area (Å²) in [6.45, 7) is 2.26. The van der Waals surface area contributed by atoms with E-state index < -0.39 is 0 Å². The normalized spacial score (nSPS) is 14.2. The Morgan fingerprint density at radius 1 is 0.568 bits per heavy atom. The van der Waals surface area contributed by atoms with Gasteiger partial charge in [-0.2, -0.15) is 0 Å². The van der Waals surface area contributed by atoms with Crippen molar-refractivity contribution < 1.29 is 0 Å². The molecule has 37 heavy (non-hydrogen) atoms. The van der Waals surface area contributed by atoms with E-state index in [1.807, 2.05) is 35.6 Å². The molecule has 0 radical (unpaired) electrons. The van der Waals surface area contributed by atoms with E-state index in [1.165, 1.54) is 31.7 Å². The van der Waals surface area contributed by atoms with Crippen LogP contribution in [0.4, 0.5) is 0 Å². The molecular formula is C33H23N3S. The number of aromatic nitrogens is 3. The van der Waals surface area contributed by atoms with Crippen molar-refractivity contribution in [1.82, 2.24) is 15.0 Å². The molecule has 0 saturated heterocycles. The van der Waals surface area contributed by atoms with Crippen molar-refractivity contribution in [3.05, 3.63) is 120 Å². The molecule has 1 unspecified atom stereocenters. The van der Waals surface area contributed by atoms with Gasteiger partial charge in [0.15, 0.2) is 17.5 Å². The Kier molecular flexibility index (Phi) is 5.26. The lowest BCUT2D eigenvalue weighted by Gasteiger charge is -2.11. The minimum atomic E-state index is 0.380. The van der Waals surface area contributed by atoms with Gasteiger partial charge in [-0.3, -0.25) is 0 Å². The Hall–Kier alpha value is -4.41. The second-order valence-electron chi connectivity index (χ2n) is 9.32. The molecule has 176 valence electrons. The fourth-order valence-corrected chi connectivity index (χ4v) is 6.31. The summed E-state index contributed by atoms with van der Waals surface area (Å²) in [6, 6.07) is 35.5. The number of rotatable bonds is 4. The first-order chi connectivity index (χ1) is 18.2. The lowest BCUT2D eigenvalue weighted by atomic mass is 9.98. The Labute approximate surface area is 219 Å². The molecule has 0 spiro atoms. The molecule has 2 heterocycles. The molecule has 1 aliphatic carbocycles. The Morgan fingerprint density at radius 3 is 1.84 bits per heavy atom. The fourth-order valence-electron chi connectivity index (χ4n) is 5.06. The average molecular weight is 494 g/mol. The van der Waals surface area contributed by atoms with Gasteiger partial charge in [0.25, 0.3) is 0 Å². The molecule has 6 aromatic rings. The van der Waals surface area contributed by atoms with Gasteiger partial charge in [0, 0.05) is 37.6 Å². The minimum Gasteiger partial charge on any atom is -0.208 e. The first-order valence-electron chi connectivity index (χ1n) is 12.5. The van der Waals surface area contributed by atoms with E-state index in [0.717, 1.165) is 16.7 Å². The number of nitrogens with zero attached hydrogens (tertiary/aromatic N) is 3. The zero-order chi connectivity index (χ0) is 24.8. The van der Waals surface area contributed by atoms with E-state index in [2.05, 4.69) is 97.9 Å². The second kappa shape index (κ2) is 8.91. The van der Waals surface area contributed by atoms with E-state index in [1.54, 1.807) is 0 Å². The summed E-state index contributed by atoms with van der Waals surface area (Å²) in [5.41, 5.74) is 6.75. The summed E-state index contributed by atoms with van der Waals surface area (Å²) in [5.74, 6) is 2.45. The lowest BCUT2D eigenvalue weighted by molar-refractivity contribution is 1.01. The molecule has 0 aliphatic heterocycles. The predicted molar refractivity (Wildman–Crippen MR) is 154 cm³/mol. The number of fused-ring (bicyclic) bond motifs is 3. The fraction of sp³-hybridized carbons (Fsp3) is 0.0606. The van der Waals surface area contributed by atoms with Gasteiger partial charge in [-0.15, -0.1) is 11.3 Å². The van der Waals surface area contributed by atoms with E-state index in [4.69, 9.17) is 15.0 Å². The maximum Gasteiger partial charge on any atom is 0.164 e. The highest BCUT2D eigenvalue weighted by molar-refractivity contribution is 7.20. The van der Waals surface area contributed by atoms with Gasteiger partial charge < -0.3 is 0 Å². The predicted octanol–water partition coefficient (Wildman–Crippen LogP) is 8.88. The molecule has 4 aromatic carbocycles. The summed E-state index contributed by atoms with van der Waals surface area (Å²) < 4.78 is 1.27. The van der Waals surface area contributed by atoms with Crippen LogP contribution in [0.25, 0.3) is 61.5 Å². The number of benzene rings is 4. The van der Waals surface area contributed by atoms with Crippen molar-refractivity contribution in [3.8, 4) is 45.3 Å². The SMILES string of the molecule is CC1C=Cc2sc3cccc(-c4nc(-c5ccccc5)nc(-c5ccc(-c6ccccc6)cc5)n4)c3c21. The molecule has 1 atom stereocenters. The smallest absolute Gasteiger partial charge is 0.164 e. The largest absolute Gasteiger partial charge is 0.208 e. The molecule has 0 saturated carbocycles. The van der Waals surface area contributed by atoms with Gasteiger partial charge in [0.05, 0.1) is 0 Å². The quantitative estimate of drug-likeness (QED) is 0.246. The van der Waals surface area contributed by atoms with Crippen LogP contribution < -0.4 is 0 Å². The average Bonchev–Trinajstić information content (AvgIpc) is 3.53. The van der Waals surface area contributed by atoms with Crippen LogP contribution in [-0.4, -0.2) is 15.0 Å². The summed E-state index contributed by atoms with van der Waals surface area (Å²) in [4.78, 5) is 16.3. The summed E-state index contributed by atoms with van der Waals surface area (Å²) in [5, 5.41) is 1.26. The van der Waals surface area contributed by atoms with Crippen LogP contribution in [0.5, 0.6) is 0 Å². The van der Waals surface area contributed by atoms with Crippen molar-refractivity contribution in [1.29, 1.82) is 0 Å². The summed E-state index contributed by atoms with van der Waals surface area (Å²) in [7, 11) is 0. The molecule has 4 heteroatoms. The third-order valence-electron chi connectivity index (χ3n) is 6.93. The highest BCUT2D eigenvalue weighted by Crippen LogP contribution is 2.45. The van der Waals surface area contributed by atoms with Gasteiger partial charge in [0.2, 0.25) is 0 Å². The molecule has 3 nitrogen and oxygen atoms in total. The van der Waals surface area contributed by atoms with Crippen LogP contribution in [-0.2, 0) is 0 Å². The van der Waals surface area contributed by atoms with Gasteiger partial charge in [-0.05, 0) is 28.8 Å². The Morgan fingerprint density at radius 2 is 1.14 bits per heavy atom. The molecule has 2 aromatic heterocycles. The third kappa shape index (κ3) is 3.87. The van der Waals surface area contributed by atoms with Gasteiger partial charge in [-0.25, -0.2) is 15.0 Å². The molecule has 0 fully saturated rings. The van der Waals surface area contributed by atoms with Crippen LogP contribution in [0.3, 0.4) is 0 Å². The van der Waals surface area contributed by atoms with Crippen molar-refractivity contribution >= 4 is 27.5 Å². The summed E-state index contributed by atoms with van der Waals surface area (Å²) >= 11 is 1.84.